The fraction of sp³-hybridized carbons (Fsp3) is 0.952. The second kappa shape index (κ2) is 43.7. The van der Waals surface area contributed by atoms with Crippen LogP contribution in [-0.4, -0.2) is 24.1 Å². The predicted octanol–water partition coefficient (Wildman–Crippen LogP) is 11.5. The summed E-state index contributed by atoms with van der Waals surface area (Å²) in [6.45, 7) is 17.3. The number of hydrogen-bond acceptors (Lipinski definition) is 6. The van der Waals surface area contributed by atoms with Crippen molar-refractivity contribution in [3.63, 3.8) is 0 Å². The molecule has 0 aliphatic carbocycles. The molecule has 7 heteroatoms. The van der Waals surface area contributed by atoms with E-state index >= 15 is 0 Å². The van der Waals surface area contributed by atoms with Gasteiger partial charge < -0.3 is 19.8 Å². The Labute approximate surface area is 316 Å². The van der Waals surface area contributed by atoms with Crippen LogP contribution < -0.4 is 10.2 Å². The minimum atomic E-state index is -0.904. The summed E-state index contributed by atoms with van der Waals surface area (Å²) in [5.41, 5.74) is 0. The third kappa shape index (κ3) is 63.1. The van der Waals surface area contributed by atoms with Crippen LogP contribution >= 0.6 is 0 Å². The number of carbonyl (C=O) groups excluding carboxylic acids is 2. The van der Waals surface area contributed by atoms with Gasteiger partial charge in [-0.1, -0.05) is 182 Å². The van der Waals surface area contributed by atoms with Crippen LogP contribution in [-0.2, 0) is 36.2 Å². The molecule has 0 aromatic carbocycles. The van der Waals surface area contributed by atoms with Crippen LogP contribution in [0, 0.1) is 11.8 Å². The SMILES string of the molecule is CC(C)CCCCCCCCCCCCCCC(=O)[O-].CC(C)CCCCCCCCCCCCCCC(=O)[O-].CC(C)[O][Ti+2][O]C(C)C. The normalized spacial score (nSPS) is 11.0. The molecule has 0 bridgehead atoms. The maximum atomic E-state index is 10.2. The van der Waals surface area contributed by atoms with Gasteiger partial charge in [0, 0.05) is 11.9 Å². The van der Waals surface area contributed by atoms with Crippen LogP contribution in [0.3, 0.4) is 0 Å². The Bertz CT molecular complexity index is 599. The monoisotopic (exact) mass is 733 g/mol. The molecule has 6 nitrogen and oxygen atoms in total. The van der Waals surface area contributed by atoms with Crippen LogP contribution in [0.4, 0.5) is 0 Å². The van der Waals surface area contributed by atoms with Crippen molar-refractivity contribution in [2.75, 3.05) is 0 Å². The van der Waals surface area contributed by atoms with Gasteiger partial charge in [0.05, 0.1) is 0 Å². The first kappa shape index (κ1) is 52.9. The quantitative estimate of drug-likeness (QED) is 0.0482. The molecule has 0 saturated carbocycles. The summed E-state index contributed by atoms with van der Waals surface area (Å²) in [4.78, 5) is 20.4. The molecule has 0 rings (SSSR count). The van der Waals surface area contributed by atoms with Gasteiger partial charge in [0.25, 0.3) is 0 Å². The zero-order chi connectivity index (χ0) is 37.4. The average Bonchev–Trinajstić information content (AvgIpc) is 3.01. The molecule has 0 aliphatic heterocycles. The van der Waals surface area contributed by atoms with Crippen molar-refractivity contribution in [1.29, 1.82) is 0 Å². The summed E-state index contributed by atoms with van der Waals surface area (Å²) in [5, 5.41) is 20.4. The van der Waals surface area contributed by atoms with Crippen LogP contribution in [0.1, 0.15) is 235 Å². The van der Waals surface area contributed by atoms with Crippen molar-refractivity contribution in [3.8, 4) is 0 Å². The van der Waals surface area contributed by atoms with E-state index in [4.69, 9.17) is 6.64 Å². The van der Waals surface area contributed by atoms with E-state index in [1.807, 2.05) is 27.7 Å². The topological polar surface area (TPSA) is 98.7 Å². The molecule has 0 radical (unpaired) electrons. The fourth-order valence-corrected chi connectivity index (χ4v) is 6.09. The molecular weight excluding hydrogens is 648 g/mol. The molecule has 0 unspecified atom stereocenters. The molecular formula is C42H84O6Ti. The Hall–Kier alpha value is -0.426. The molecule has 0 aromatic rings. The number of aliphatic carboxylic acids is 2. The minimum absolute atomic E-state index is 0.233. The summed E-state index contributed by atoms with van der Waals surface area (Å²) in [6.07, 6.45) is 34.6. The summed E-state index contributed by atoms with van der Waals surface area (Å²) in [7, 11) is 0. The fourth-order valence-electron chi connectivity index (χ4n) is 5.40. The molecule has 0 atom stereocenters. The number of hydrogen-bond donors (Lipinski definition) is 0. The van der Waals surface area contributed by atoms with E-state index in [2.05, 4.69) is 27.7 Å². The molecule has 0 heterocycles. The molecule has 0 N–H and O–H groups in total. The third-order valence-electron chi connectivity index (χ3n) is 8.39. The molecule has 0 aliphatic rings. The third-order valence-corrected chi connectivity index (χ3v) is 10.2. The predicted molar refractivity (Wildman–Crippen MR) is 201 cm³/mol. The Morgan fingerprint density at radius 3 is 0.776 bits per heavy atom. The Balaban J connectivity index is -0.000000695. The number of unbranched alkanes of at least 4 members (excludes halogenated alkanes) is 22. The Morgan fingerprint density at radius 1 is 0.388 bits per heavy atom. The second-order valence-corrected chi connectivity index (χ2v) is 16.5. The van der Waals surface area contributed by atoms with Crippen molar-refractivity contribution >= 4 is 11.9 Å². The summed E-state index contributed by atoms with van der Waals surface area (Å²) < 4.78 is 10.5. The Kier molecular flexibility index (Phi) is 47.2. The number of rotatable bonds is 34. The van der Waals surface area contributed by atoms with Crippen LogP contribution in [0.5, 0.6) is 0 Å². The first-order chi connectivity index (χ1) is 23.4. The maximum absolute atomic E-state index is 10.2. The molecule has 0 aromatic heterocycles. The second-order valence-electron chi connectivity index (χ2n) is 15.5. The van der Waals surface area contributed by atoms with E-state index in [0.29, 0.717) is 12.2 Å². The standard InChI is InChI=1S/2C18H36O2.2C3H7O.Ti/c2*1-17(2)15-13-11-9-7-5-3-4-6-8-10-12-14-16-18(19)20;2*1-3(2)4;/h2*17H,3-16H2,1-2H3,(H,19,20);2*3H,1-2H3;/q;;2*-1;+4/p-2. The first-order valence-electron chi connectivity index (χ1n) is 20.8. The van der Waals surface area contributed by atoms with Crippen molar-refractivity contribution < 1.29 is 46.4 Å². The van der Waals surface area contributed by atoms with E-state index in [-0.39, 0.29) is 12.8 Å². The van der Waals surface area contributed by atoms with Gasteiger partial charge in [0.2, 0.25) is 0 Å². The first-order valence-corrected chi connectivity index (χ1v) is 22.1. The van der Waals surface area contributed by atoms with Crippen LogP contribution in [0.2, 0.25) is 0 Å². The summed E-state index contributed by atoms with van der Waals surface area (Å²) in [5.74, 6) is -0.0830. The van der Waals surface area contributed by atoms with Crippen molar-refractivity contribution in [2.45, 2.75) is 247 Å². The molecule has 0 amide bonds. The van der Waals surface area contributed by atoms with Gasteiger partial charge >= 0.3 is 66.5 Å². The molecule has 0 saturated heterocycles. The van der Waals surface area contributed by atoms with E-state index < -0.39 is 31.9 Å². The van der Waals surface area contributed by atoms with Crippen molar-refractivity contribution in [1.82, 2.24) is 0 Å². The van der Waals surface area contributed by atoms with Gasteiger partial charge in [0.1, 0.15) is 0 Å². The van der Waals surface area contributed by atoms with Gasteiger partial charge in [-0.15, -0.1) is 0 Å². The zero-order valence-electron chi connectivity index (χ0n) is 34.1. The van der Waals surface area contributed by atoms with Crippen molar-refractivity contribution in [2.24, 2.45) is 11.8 Å². The van der Waals surface area contributed by atoms with E-state index in [0.717, 1.165) is 37.5 Å². The van der Waals surface area contributed by atoms with Gasteiger partial charge in [0.15, 0.2) is 0 Å². The zero-order valence-corrected chi connectivity index (χ0v) is 35.6. The molecule has 0 spiro atoms. The summed E-state index contributed by atoms with van der Waals surface area (Å²) in [6, 6.07) is 0. The molecule has 49 heavy (non-hydrogen) atoms. The van der Waals surface area contributed by atoms with Gasteiger partial charge in [-0.25, -0.2) is 0 Å². The van der Waals surface area contributed by atoms with Gasteiger partial charge in [-0.05, 0) is 37.5 Å². The van der Waals surface area contributed by atoms with E-state index in [9.17, 15) is 19.8 Å². The Morgan fingerprint density at radius 2 is 0.592 bits per heavy atom. The number of carboxylic acid groups (broad SMARTS) is 2. The van der Waals surface area contributed by atoms with Gasteiger partial charge in [-0.3, -0.25) is 0 Å². The molecule has 292 valence electrons. The van der Waals surface area contributed by atoms with E-state index in [1.54, 1.807) is 0 Å². The van der Waals surface area contributed by atoms with E-state index in [1.165, 1.54) is 141 Å². The number of carbonyl (C=O) groups is 2. The summed E-state index contributed by atoms with van der Waals surface area (Å²) >= 11 is -0.574. The van der Waals surface area contributed by atoms with Crippen molar-refractivity contribution in [3.05, 3.63) is 0 Å². The van der Waals surface area contributed by atoms with Crippen LogP contribution in [0.25, 0.3) is 0 Å². The van der Waals surface area contributed by atoms with Crippen LogP contribution in [0.15, 0.2) is 0 Å². The number of carboxylic acids is 2. The molecule has 0 fully saturated rings. The average molecular weight is 733 g/mol. The van der Waals surface area contributed by atoms with Gasteiger partial charge in [-0.2, -0.15) is 0 Å².